The Labute approximate surface area is 287 Å². The van der Waals surface area contributed by atoms with E-state index in [9.17, 15) is 44.6 Å². The lowest BCUT2D eigenvalue weighted by Gasteiger charge is -2.41. The molecule has 0 amide bonds. The van der Waals surface area contributed by atoms with Crippen molar-refractivity contribution in [3.05, 3.63) is 0 Å². The molecule has 284 valence electrons. The highest BCUT2D eigenvalue weighted by molar-refractivity contribution is 7.47. The largest absolute Gasteiger partial charge is 0.472 e. The normalized spacial score (nSPS) is 24.6. The fourth-order valence-electron chi connectivity index (χ4n) is 5.64. The van der Waals surface area contributed by atoms with E-state index >= 15 is 0 Å². The van der Waals surface area contributed by atoms with Gasteiger partial charge in [-0.05, 0) is 12.8 Å². The van der Waals surface area contributed by atoms with E-state index in [-0.39, 0.29) is 12.8 Å². The maximum atomic E-state index is 12.7. The number of hydrogen-bond acceptors (Lipinski definition) is 12. The summed E-state index contributed by atoms with van der Waals surface area (Å²) >= 11 is 0. The van der Waals surface area contributed by atoms with E-state index in [1.54, 1.807) is 0 Å². The van der Waals surface area contributed by atoms with Crippen molar-refractivity contribution in [3.63, 3.8) is 0 Å². The van der Waals surface area contributed by atoms with Gasteiger partial charge >= 0.3 is 19.8 Å². The van der Waals surface area contributed by atoms with Crippen LogP contribution in [0.2, 0.25) is 0 Å². The Hall–Kier alpha value is -1.15. The first-order valence-corrected chi connectivity index (χ1v) is 19.8. The van der Waals surface area contributed by atoms with Crippen LogP contribution in [-0.4, -0.2) is 98.3 Å². The van der Waals surface area contributed by atoms with E-state index in [0.29, 0.717) is 12.8 Å². The first-order chi connectivity index (χ1) is 22.9. The van der Waals surface area contributed by atoms with Gasteiger partial charge in [-0.2, -0.15) is 0 Å². The molecule has 1 fully saturated rings. The zero-order valence-corrected chi connectivity index (χ0v) is 30.2. The Balaban J connectivity index is 2.58. The lowest BCUT2D eigenvalue weighted by atomic mass is 9.85. The molecule has 1 aliphatic rings. The summed E-state index contributed by atoms with van der Waals surface area (Å²) < 4.78 is 33.2. The molecule has 0 aromatic heterocycles. The molecule has 48 heavy (non-hydrogen) atoms. The van der Waals surface area contributed by atoms with Crippen LogP contribution in [0.4, 0.5) is 0 Å². The van der Waals surface area contributed by atoms with Gasteiger partial charge in [0.15, 0.2) is 6.10 Å². The van der Waals surface area contributed by atoms with E-state index in [1.165, 1.54) is 64.2 Å². The molecule has 0 aromatic carbocycles. The van der Waals surface area contributed by atoms with Crippen LogP contribution in [0, 0.1) is 0 Å². The maximum absolute atomic E-state index is 12.7. The molecule has 0 saturated heterocycles. The third-order valence-electron chi connectivity index (χ3n) is 8.70. The number of phosphoric acid groups is 1. The highest BCUT2D eigenvalue weighted by Gasteiger charge is 2.51. The molecule has 1 aliphatic carbocycles. The average Bonchev–Trinajstić information content (AvgIpc) is 3.06. The van der Waals surface area contributed by atoms with Crippen LogP contribution in [0.15, 0.2) is 0 Å². The molecule has 1 saturated carbocycles. The Morgan fingerprint density at radius 2 is 0.938 bits per heavy atom. The molecule has 8 atom stereocenters. The first kappa shape index (κ1) is 44.9. The van der Waals surface area contributed by atoms with Crippen molar-refractivity contribution in [2.24, 2.45) is 0 Å². The smallest absolute Gasteiger partial charge is 0.462 e. The summed E-state index contributed by atoms with van der Waals surface area (Å²) in [6, 6.07) is 0. The lowest BCUT2D eigenvalue weighted by molar-refractivity contribution is -0.220. The molecule has 0 bridgehead atoms. The summed E-state index contributed by atoms with van der Waals surface area (Å²) in [6.45, 7) is 3.21. The predicted molar refractivity (Wildman–Crippen MR) is 180 cm³/mol. The van der Waals surface area contributed by atoms with Gasteiger partial charge in [0.05, 0.1) is 6.61 Å². The molecule has 14 heteroatoms. The molecule has 0 spiro atoms. The SMILES string of the molecule is CCCCCCCCCCCCC(=O)O[C@H](COC(=O)CCCCCCCCCCC)COP(=O)(O)OC1[C@H](O)[C@H](O)C(O)[C@H](O)[C@H]1O. The molecule has 0 aliphatic heterocycles. The molecular weight excluding hydrogens is 647 g/mol. The Morgan fingerprint density at radius 3 is 1.38 bits per heavy atom. The number of unbranched alkanes of at least 4 members (excludes halogenated alkanes) is 17. The summed E-state index contributed by atoms with van der Waals surface area (Å²) in [5.74, 6) is -1.10. The number of hydrogen-bond donors (Lipinski definition) is 6. The number of esters is 2. The molecule has 0 radical (unpaired) electrons. The van der Waals surface area contributed by atoms with Crippen molar-refractivity contribution in [1.29, 1.82) is 0 Å². The van der Waals surface area contributed by atoms with Crippen LogP contribution in [-0.2, 0) is 32.7 Å². The number of ether oxygens (including phenoxy) is 2. The summed E-state index contributed by atoms with van der Waals surface area (Å²) in [5, 5.41) is 49.8. The third-order valence-corrected chi connectivity index (χ3v) is 9.68. The molecule has 13 nitrogen and oxygen atoms in total. The molecule has 1 rings (SSSR count). The van der Waals surface area contributed by atoms with Gasteiger partial charge in [0, 0.05) is 12.8 Å². The van der Waals surface area contributed by atoms with Gasteiger partial charge in [0.1, 0.15) is 43.2 Å². The van der Waals surface area contributed by atoms with Crippen molar-refractivity contribution in [2.45, 2.75) is 191 Å². The monoisotopic (exact) mass is 712 g/mol. The molecule has 3 unspecified atom stereocenters. The number of aliphatic hydroxyl groups is 5. The highest BCUT2D eigenvalue weighted by atomic mass is 31.2. The van der Waals surface area contributed by atoms with E-state index in [2.05, 4.69) is 13.8 Å². The summed E-state index contributed by atoms with van der Waals surface area (Å²) in [4.78, 5) is 35.2. The first-order valence-electron chi connectivity index (χ1n) is 18.3. The quantitative estimate of drug-likeness (QED) is 0.0343. The van der Waals surface area contributed by atoms with Gasteiger partial charge in [-0.3, -0.25) is 18.6 Å². The summed E-state index contributed by atoms with van der Waals surface area (Å²) in [5.41, 5.74) is 0. The number of rotatable bonds is 29. The Bertz CT molecular complexity index is 875. The number of aliphatic hydroxyl groups excluding tert-OH is 5. The molecule has 0 heterocycles. The van der Waals surface area contributed by atoms with E-state index < -0.39 is 75.7 Å². The van der Waals surface area contributed by atoms with Crippen molar-refractivity contribution >= 4 is 19.8 Å². The summed E-state index contributed by atoms with van der Waals surface area (Å²) in [7, 11) is -5.09. The zero-order chi connectivity index (χ0) is 35.8. The van der Waals surface area contributed by atoms with Gasteiger partial charge in [-0.1, -0.05) is 123 Å². The predicted octanol–water partition coefficient (Wildman–Crippen LogP) is 4.99. The Morgan fingerprint density at radius 1 is 0.562 bits per heavy atom. The second-order valence-corrected chi connectivity index (χ2v) is 14.5. The van der Waals surface area contributed by atoms with Crippen molar-refractivity contribution < 1.29 is 63.1 Å². The summed E-state index contributed by atoms with van der Waals surface area (Å²) in [6.07, 6.45) is 7.77. The minimum atomic E-state index is -5.09. The van der Waals surface area contributed by atoms with E-state index in [0.717, 1.165) is 44.9 Å². The van der Waals surface area contributed by atoms with Gasteiger partial charge in [-0.25, -0.2) is 4.57 Å². The second kappa shape index (κ2) is 26.6. The van der Waals surface area contributed by atoms with Gasteiger partial charge in [0.2, 0.25) is 0 Å². The molecule has 0 aromatic rings. The fourth-order valence-corrected chi connectivity index (χ4v) is 6.61. The molecule has 6 N–H and O–H groups in total. The van der Waals surface area contributed by atoms with Crippen LogP contribution in [0.25, 0.3) is 0 Å². The van der Waals surface area contributed by atoms with Crippen LogP contribution >= 0.6 is 7.82 Å². The van der Waals surface area contributed by atoms with Crippen molar-refractivity contribution in [2.75, 3.05) is 13.2 Å². The van der Waals surface area contributed by atoms with Gasteiger partial charge in [0.25, 0.3) is 0 Å². The van der Waals surface area contributed by atoms with Crippen molar-refractivity contribution in [3.8, 4) is 0 Å². The van der Waals surface area contributed by atoms with Crippen LogP contribution in [0.3, 0.4) is 0 Å². The maximum Gasteiger partial charge on any atom is 0.472 e. The average molecular weight is 713 g/mol. The van der Waals surface area contributed by atoms with Gasteiger partial charge < -0.3 is 39.9 Å². The number of carbonyl (C=O) groups excluding carboxylic acids is 2. The van der Waals surface area contributed by atoms with Crippen molar-refractivity contribution in [1.82, 2.24) is 0 Å². The number of carbonyl (C=O) groups is 2. The van der Waals surface area contributed by atoms with Crippen LogP contribution in [0.1, 0.15) is 149 Å². The topological polar surface area (TPSA) is 210 Å². The standard InChI is InChI=1S/C34H65O13P/c1-3-5-7-9-11-13-15-17-19-21-23-28(36)46-26(24-44-27(35)22-20-18-16-14-12-10-8-6-4-2)25-45-48(42,43)47-34-32(40)30(38)29(37)31(39)33(34)41/h26,29-34,37-41H,3-25H2,1-2H3,(H,42,43)/t26-,29?,30-,31+,32-,33-,34?/m1/s1. The number of phosphoric ester groups is 1. The minimum Gasteiger partial charge on any atom is -0.462 e. The third kappa shape index (κ3) is 19.9. The van der Waals surface area contributed by atoms with Crippen LogP contribution in [0.5, 0.6) is 0 Å². The van der Waals surface area contributed by atoms with E-state index in [4.69, 9.17) is 18.5 Å². The second-order valence-electron chi connectivity index (χ2n) is 13.1. The fraction of sp³-hybridized carbons (Fsp3) is 0.941. The lowest BCUT2D eigenvalue weighted by Crippen LogP contribution is -2.64. The van der Waals surface area contributed by atoms with Gasteiger partial charge in [-0.15, -0.1) is 0 Å². The zero-order valence-electron chi connectivity index (χ0n) is 29.3. The Kier molecular flexibility index (Phi) is 24.9. The van der Waals surface area contributed by atoms with E-state index in [1.807, 2.05) is 0 Å². The highest BCUT2D eigenvalue weighted by Crippen LogP contribution is 2.47. The molecular formula is C34H65O13P. The minimum absolute atomic E-state index is 0.102. The van der Waals surface area contributed by atoms with Crippen LogP contribution < -0.4 is 0 Å².